The minimum absolute atomic E-state index is 0.0860. The van der Waals surface area contributed by atoms with Crippen molar-refractivity contribution in [1.29, 1.82) is 0 Å². The molecule has 2 aromatic heterocycles. The minimum atomic E-state index is -0.876. The Bertz CT molecular complexity index is 1720. The first-order chi connectivity index (χ1) is 20.3. The van der Waals surface area contributed by atoms with Gasteiger partial charge in [-0.1, -0.05) is 23.2 Å². The molecule has 42 heavy (non-hydrogen) atoms. The van der Waals surface area contributed by atoms with E-state index in [0.29, 0.717) is 52.2 Å². The molecule has 2 unspecified atom stereocenters. The van der Waals surface area contributed by atoms with Crippen molar-refractivity contribution in [2.24, 2.45) is 0 Å². The number of fused-ring (bicyclic) bond motifs is 5. The van der Waals surface area contributed by atoms with Crippen LogP contribution in [-0.2, 0) is 0 Å². The van der Waals surface area contributed by atoms with Crippen LogP contribution >= 0.6 is 23.2 Å². The summed E-state index contributed by atoms with van der Waals surface area (Å²) in [6.45, 7) is 4.88. The second kappa shape index (κ2) is 9.87. The van der Waals surface area contributed by atoms with Gasteiger partial charge in [-0.15, -0.1) is 0 Å². The summed E-state index contributed by atoms with van der Waals surface area (Å²) in [6.07, 6.45) is 5.20. The number of ether oxygens (including phenoxy) is 1. The third-order valence-electron chi connectivity index (χ3n) is 9.70. The lowest BCUT2D eigenvalue weighted by Gasteiger charge is -2.34. The van der Waals surface area contributed by atoms with Gasteiger partial charge in [0, 0.05) is 60.0 Å². The molecule has 8 rings (SSSR count). The van der Waals surface area contributed by atoms with Crippen LogP contribution in [0.25, 0.3) is 32.9 Å². The number of piperazine rings is 1. The Morgan fingerprint density at radius 3 is 2.71 bits per heavy atom. The van der Waals surface area contributed by atoms with E-state index in [1.165, 1.54) is 0 Å². The molecule has 4 saturated heterocycles. The summed E-state index contributed by atoms with van der Waals surface area (Å²) in [5.41, 5.74) is 1.87. The van der Waals surface area contributed by atoms with E-state index in [-0.39, 0.29) is 34.3 Å². The molecule has 4 aliphatic rings. The molecule has 0 saturated carbocycles. The van der Waals surface area contributed by atoms with Gasteiger partial charge in [-0.3, -0.25) is 10.00 Å². The molecule has 4 fully saturated rings. The Morgan fingerprint density at radius 2 is 1.90 bits per heavy atom. The van der Waals surface area contributed by atoms with E-state index >= 15 is 4.39 Å². The first kappa shape index (κ1) is 26.8. The maximum Gasteiger partial charge on any atom is 0.319 e. The van der Waals surface area contributed by atoms with Crippen LogP contribution in [0.2, 0.25) is 10.0 Å². The number of hydrogen-bond donors (Lipinski definition) is 2. The molecule has 4 atom stereocenters. The van der Waals surface area contributed by atoms with Crippen molar-refractivity contribution in [3.8, 4) is 17.1 Å². The van der Waals surface area contributed by atoms with E-state index in [1.54, 1.807) is 12.3 Å². The highest BCUT2D eigenvalue weighted by molar-refractivity contribution is 6.39. The summed E-state index contributed by atoms with van der Waals surface area (Å²) >= 11 is 13.7. The lowest BCUT2D eigenvalue weighted by molar-refractivity contribution is 0.107. The molecule has 0 aliphatic carbocycles. The van der Waals surface area contributed by atoms with E-state index in [4.69, 9.17) is 32.9 Å². The molecular formula is C30H31Cl2F2N7O. The number of rotatable bonds is 5. The highest BCUT2D eigenvalue weighted by atomic mass is 35.5. The smallest absolute Gasteiger partial charge is 0.319 e. The predicted octanol–water partition coefficient (Wildman–Crippen LogP) is 5.82. The number of nitrogens with one attached hydrogen (secondary N) is 2. The Morgan fingerprint density at radius 1 is 1.10 bits per heavy atom. The van der Waals surface area contributed by atoms with Crippen molar-refractivity contribution in [3.63, 3.8) is 0 Å². The van der Waals surface area contributed by atoms with Crippen molar-refractivity contribution in [2.75, 3.05) is 37.7 Å². The molecular weight excluding hydrogens is 583 g/mol. The minimum Gasteiger partial charge on any atom is -0.461 e. The SMILES string of the molecule is Cc1cc2[nH]ncc2c(-c2c(Cl)cc3c(N4CC5CCC(C4)N5)nc(OC[C@]45CCCN4C[C@@H](F)C5)nc3c2F)c1Cl. The van der Waals surface area contributed by atoms with Gasteiger partial charge in [0.2, 0.25) is 0 Å². The molecule has 8 nitrogen and oxygen atoms in total. The lowest BCUT2D eigenvalue weighted by Crippen LogP contribution is -2.51. The summed E-state index contributed by atoms with van der Waals surface area (Å²) < 4.78 is 37.6. The number of anilines is 1. The lowest BCUT2D eigenvalue weighted by atomic mass is 9.95. The van der Waals surface area contributed by atoms with Crippen LogP contribution in [0.15, 0.2) is 18.3 Å². The number of aryl methyl sites for hydroxylation is 1. The van der Waals surface area contributed by atoms with Gasteiger partial charge in [0.05, 0.1) is 27.3 Å². The number of benzene rings is 2. The average molecular weight is 615 g/mol. The number of hydrogen-bond acceptors (Lipinski definition) is 7. The second-order valence-corrected chi connectivity index (χ2v) is 13.2. The van der Waals surface area contributed by atoms with E-state index in [2.05, 4.69) is 30.3 Å². The van der Waals surface area contributed by atoms with E-state index in [9.17, 15) is 4.39 Å². The van der Waals surface area contributed by atoms with Gasteiger partial charge >= 0.3 is 6.01 Å². The maximum absolute atomic E-state index is 16.9. The molecule has 2 bridgehead atoms. The Labute approximate surface area is 251 Å². The fourth-order valence-electron chi connectivity index (χ4n) is 7.76. The van der Waals surface area contributed by atoms with Gasteiger partial charge < -0.3 is 15.0 Å². The van der Waals surface area contributed by atoms with Gasteiger partial charge in [-0.2, -0.15) is 15.1 Å². The summed E-state index contributed by atoms with van der Waals surface area (Å²) in [6, 6.07) is 4.38. The van der Waals surface area contributed by atoms with Gasteiger partial charge in [0.1, 0.15) is 24.1 Å². The molecule has 220 valence electrons. The van der Waals surface area contributed by atoms with E-state index in [0.717, 1.165) is 56.4 Å². The fourth-order valence-corrected chi connectivity index (χ4v) is 8.29. The van der Waals surface area contributed by atoms with E-state index in [1.807, 2.05) is 13.0 Å². The third kappa shape index (κ3) is 4.17. The van der Waals surface area contributed by atoms with Crippen LogP contribution in [0.1, 0.15) is 37.7 Å². The zero-order chi connectivity index (χ0) is 28.7. The van der Waals surface area contributed by atoms with Crippen LogP contribution < -0.4 is 15.0 Å². The first-order valence-corrected chi connectivity index (χ1v) is 15.4. The zero-order valence-electron chi connectivity index (χ0n) is 23.2. The van der Waals surface area contributed by atoms with Gasteiger partial charge in [-0.05, 0) is 56.8 Å². The summed E-state index contributed by atoms with van der Waals surface area (Å²) in [4.78, 5) is 13.9. The Balaban J connectivity index is 1.28. The average Bonchev–Trinajstić information content (AvgIpc) is 3.73. The zero-order valence-corrected chi connectivity index (χ0v) is 24.7. The van der Waals surface area contributed by atoms with Gasteiger partial charge in [0.15, 0.2) is 5.82 Å². The molecule has 2 aromatic carbocycles. The highest BCUT2D eigenvalue weighted by Gasteiger charge is 2.49. The van der Waals surface area contributed by atoms with Crippen molar-refractivity contribution in [2.45, 2.75) is 62.8 Å². The molecule has 12 heteroatoms. The van der Waals surface area contributed by atoms with Crippen LogP contribution in [0.5, 0.6) is 6.01 Å². The summed E-state index contributed by atoms with van der Waals surface area (Å²) in [7, 11) is 0. The van der Waals surface area contributed by atoms with Crippen LogP contribution in [0.4, 0.5) is 14.6 Å². The van der Waals surface area contributed by atoms with Crippen LogP contribution in [0.3, 0.4) is 0 Å². The first-order valence-electron chi connectivity index (χ1n) is 14.6. The highest BCUT2D eigenvalue weighted by Crippen LogP contribution is 2.45. The normalized spacial score (nSPS) is 27.5. The second-order valence-electron chi connectivity index (χ2n) is 12.4. The standard InChI is InChI=1S/C30H31Cl2F2N7O/c1-15-7-22-20(10-35-39-22)23(25(15)32)24-21(31)8-19-27(26(24)34)37-29(38-28(19)40-12-17-3-4-18(13-40)36-17)42-14-30-5-2-6-41(30)11-16(33)9-30/h7-8,10,16-18,36H,2-6,9,11-14H2,1H3,(H,35,39)/t16-,17?,18?,30+/m0/s1. The monoisotopic (exact) mass is 613 g/mol. The van der Waals surface area contributed by atoms with Crippen LogP contribution in [0, 0.1) is 12.7 Å². The number of nitrogens with zero attached hydrogens (tertiary/aromatic N) is 5. The number of aromatic nitrogens is 4. The molecule has 0 amide bonds. The quantitative estimate of drug-likeness (QED) is 0.293. The van der Waals surface area contributed by atoms with Crippen molar-refractivity contribution < 1.29 is 13.5 Å². The molecule has 6 heterocycles. The van der Waals surface area contributed by atoms with Crippen molar-refractivity contribution in [1.82, 2.24) is 30.4 Å². The number of aromatic amines is 1. The van der Waals surface area contributed by atoms with Crippen molar-refractivity contribution >= 4 is 50.8 Å². The molecule has 0 spiro atoms. The number of alkyl halides is 1. The Hall–Kier alpha value is -2.79. The number of halogens is 4. The molecule has 2 N–H and O–H groups in total. The molecule has 4 aliphatic heterocycles. The maximum atomic E-state index is 16.9. The fraction of sp³-hybridized carbons (Fsp3) is 0.500. The van der Waals surface area contributed by atoms with Gasteiger partial charge in [-0.25, -0.2) is 8.78 Å². The predicted molar refractivity (Wildman–Crippen MR) is 160 cm³/mol. The topological polar surface area (TPSA) is 82.2 Å². The Kier molecular flexibility index (Phi) is 6.30. The largest absolute Gasteiger partial charge is 0.461 e. The summed E-state index contributed by atoms with van der Waals surface area (Å²) in [5, 5.41) is 12.5. The molecule has 4 aromatic rings. The third-order valence-corrected chi connectivity index (χ3v) is 10.5. The van der Waals surface area contributed by atoms with Crippen molar-refractivity contribution in [3.05, 3.63) is 39.8 Å². The van der Waals surface area contributed by atoms with Gasteiger partial charge in [0.25, 0.3) is 0 Å². The molecule has 0 radical (unpaired) electrons. The number of H-pyrrole nitrogens is 1. The van der Waals surface area contributed by atoms with Crippen LogP contribution in [-0.4, -0.2) is 81.6 Å². The van der Waals surface area contributed by atoms with E-state index < -0.39 is 12.0 Å². The summed E-state index contributed by atoms with van der Waals surface area (Å²) in [5.74, 6) is 0.00423.